The fraction of sp³-hybridized carbons (Fsp3) is 0.318. The van der Waals surface area contributed by atoms with Crippen molar-refractivity contribution in [3.63, 3.8) is 0 Å². The number of rotatable bonds is 11. The van der Waals surface area contributed by atoms with Crippen molar-refractivity contribution >= 4 is 29.8 Å². The Balaban J connectivity index is 2.14. The first kappa shape index (κ1) is 25.4. The van der Waals surface area contributed by atoms with E-state index in [0.29, 0.717) is 5.57 Å². The highest BCUT2D eigenvalue weighted by atomic mass is 16.6. The van der Waals surface area contributed by atoms with Gasteiger partial charge >= 0.3 is 29.8 Å². The van der Waals surface area contributed by atoms with Crippen LogP contribution in [0.1, 0.15) is 55.3 Å². The molecule has 0 saturated carbocycles. The number of aliphatic hydroxyl groups is 1. The van der Waals surface area contributed by atoms with Gasteiger partial charge in [0.1, 0.15) is 19.8 Å². The van der Waals surface area contributed by atoms with Gasteiger partial charge in [0, 0.05) is 5.57 Å². The number of carbonyl (C=O) groups is 5. The second-order valence-electron chi connectivity index (χ2n) is 6.88. The van der Waals surface area contributed by atoms with E-state index in [4.69, 9.17) is 18.9 Å². The lowest BCUT2D eigenvalue weighted by molar-refractivity contribution is -0.140. The van der Waals surface area contributed by atoms with Crippen LogP contribution in [0.4, 0.5) is 0 Å². The zero-order chi connectivity index (χ0) is 24.7. The first-order valence-corrected chi connectivity index (χ1v) is 9.59. The number of esters is 5. The molecule has 0 aliphatic carbocycles. The molecule has 2 rings (SSSR count). The van der Waals surface area contributed by atoms with Crippen molar-refractivity contribution in [3.05, 3.63) is 58.7 Å². The number of benzene rings is 1. The van der Waals surface area contributed by atoms with Gasteiger partial charge in [0.05, 0.1) is 28.9 Å². The number of hydrogen-bond acceptors (Lipinski definition) is 11. The third-order valence-corrected chi connectivity index (χ3v) is 4.13. The maximum atomic E-state index is 12.5. The van der Waals surface area contributed by atoms with Crippen molar-refractivity contribution in [2.75, 3.05) is 26.4 Å². The minimum absolute atomic E-state index is 0.160. The lowest BCUT2D eigenvalue weighted by Crippen LogP contribution is -2.21. The Labute approximate surface area is 188 Å². The molecule has 0 saturated heterocycles. The molecule has 1 heterocycles. The lowest BCUT2D eigenvalue weighted by Gasteiger charge is -2.13. The van der Waals surface area contributed by atoms with Crippen molar-refractivity contribution in [2.24, 2.45) is 0 Å². The Morgan fingerprint density at radius 2 is 1.33 bits per heavy atom. The lowest BCUT2D eigenvalue weighted by atomic mass is 9.99. The van der Waals surface area contributed by atoms with E-state index in [2.05, 4.69) is 17.9 Å². The first-order valence-electron chi connectivity index (χ1n) is 9.59. The summed E-state index contributed by atoms with van der Waals surface area (Å²) in [4.78, 5) is 60.1. The van der Waals surface area contributed by atoms with Gasteiger partial charge in [-0.3, -0.25) is 0 Å². The van der Waals surface area contributed by atoms with Crippen molar-refractivity contribution in [1.82, 2.24) is 0 Å². The van der Waals surface area contributed by atoms with Crippen LogP contribution in [0.15, 0.2) is 36.4 Å². The van der Waals surface area contributed by atoms with Gasteiger partial charge < -0.3 is 28.8 Å². The van der Waals surface area contributed by atoms with Gasteiger partial charge in [-0.15, -0.1) is 0 Å². The van der Waals surface area contributed by atoms with Crippen molar-refractivity contribution < 1.29 is 52.8 Å². The normalized spacial score (nSPS) is 12.9. The molecule has 0 bridgehead atoms. The quantitative estimate of drug-likeness (QED) is 0.0964. The number of cyclic esters (lactones) is 2. The highest BCUT2D eigenvalue weighted by Crippen LogP contribution is 2.25. The van der Waals surface area contributed by atoms with Crippen LogP contribution in [0.5, 0.6) is 0 Å². The van der Waals surface area contributed by atoms with E-state index >= 15 is 0 Å². The van der Waals surface area contributed by atoms with Crippen molar-refractivity contribution in [1.29, 1.82) is 0 Å². The molecule has 33 heavy (non-hydrogen) atoms. The SMILES string of the molecule is C=C(C)C(=O)OCCOC(=O)c1cc2c(cc1C(=O)OCCOC(O)C(=C)C)C(=O)OC2=O. The standard InChI is InChI=1S/C22H22O11/c1-11(2)17(23)29-5-7-31-19(25)13-9-15-16(22(28)33-21(15)27)10-14(13)20(26)32-8-6-30-18(24)12(3)4/h9-10,17,23H,1,3,5-8H2,2,4H3. The minimum atomic E-state index is -1.24. The monoisotopic (exact) mass is 462 g/mol. The number of carbonyl (C=O) groups excluding carboxylic acids is 5. The van der Waals surface area contributed by atoms with Crippen molar-refractivity contribution in [2.45, 2.75) is 20.1 Å². The average molecular weight is 462 g/mol. The predicted octanol–water partition coefficient (Wildman–Crippen LogP) is 1.34. The highest BCUT2D eigenvalue weighted by Gasteiger charge is 2.34. The Morgan fingerprint density at radius 1 is 0.879 bits per heavy atom. The summed E-state index contributed by atoms with van der Waals surface area (Å²) in [5.74, 6) is -4.69. The van der Waals surface area contributed by atoms with Gasteiger partial charge in [0.15, 0.2) is 6.29 Å². The summed E-state index contributed by atoms with van der Waals surface area (Å²) in [6, 6.07) is 1.98. The molecule has 0 radical (unpaired) electrons. The Kier molecular flexibility index (Phi) is 8.60. The third-order valence-electron chi connectivity index (χ3n) is 4.13. The summed E-state index contributed by atoms with van der Waals surface area (Å²) >= 11 is 0. The Morgan fingerprint density at radius 3 is 1.79 bits per heavy atom. The molecule has 0 amide bonds. The molecular weight excluding hydrogens is 440 g/mol. The van der Waals surface area contributed by atoms with Gasteiger partial charge in [-0.05, 0) is 31.6 Å². The second-order valence-corrected chi connectivity index (χ2v) is 6.88. The Bertz CT molecular complexity index is 1020. The molecule has 1 atom stereocenters. The summed E-state index contributed by atoms with van der Waals surface area (Å²) in [6.07, 6.45) is -1.24. The molecule has 1 aromatic carbocycles. The van der Waals surface area contributed by atoms with E-state index in [9.17, 15) is 29.1 Å². The molecule has 1 N–H and O–H groups in total. The largest absolute Gasteiger partial charge is 0.460 e. The average Bonchev–Trinajstić information content (AvgIpc) is 3.05. The topological polar surface area (TPSA) is 152 Å². The van der Waals surface area contributed by atoms with Crippen LogP contribution in [0.3, 0.4) is 0 Å². The second kappa shape index (κ2) is 11.2. The van der Waals surface area contributed by atoms with Crippen LogP contribution in [-0.2, 0) is 28.5 Å². The zero-order valence-electron chi connectivity index (χ0n) is 18.0. The molecule has 0 fully saturated rings. The maximum Gasteiger partial charge on any atom is 0.346 e. The minimum Gasteiger partial charge on any atom is -0.460 e. The summed E-state index contributed by atoms with van der Waals surface area (Å²) in [7, 11) is 0. The van der Waals surface area contributed by atoms with Gasteiger partial charge in [0.25, 0.3) is 0 Å². The van der Waals surface area contributed by atoms with E-state index < -0.39 is 36.1 Å². The van der Waals surface area contributed by atoms with E-state index in [1.807, 2.05) is 0 Å². The van der Waals surface area contributed by atoms with Crippen LogP contribution in [-0.4, -0.2) is 67.7 Å². The Hall–Kier alpha value is -3.83. The molecule has 0 aromatic heterocycles. The number of fused-ring (bicyclic) bond motifs is 1. The molecule has 1 aliphatic rings. The van der Waals surface area contributed by atoms with Crippen LogP contribution in [0, 0.1) is 0 Å². The van der Waals surface area contributed by atoms with Gasteiger partial charge in [-0.25, -0.2) is 24.0 Å². The van der Waals surface area contributed by atoms with E-state index in [-0.39, 0.29) is 54.3 Å². The van der Waals surface area contributed by atoms with Crippen LogP contribution >= 0.6 is 0 Å². The molecular formula is C22H22O11. The smallest absolute Gasteiger partial charge is 0.346 e. The van der Waals surface area contributed by atoms with Crippen LogP contribution in [0.2, 0.25) is 0 Å². The highest BCUT2D eigenvalue weighted by molar-refractivity contribution is 6.17. The summed E-state index contributed by atoms with van der Waals surface area (Å²) in [5, 5.41) is 9.51. The fourth-order valence-corrected chi connectivity index (χ4v) is 2.45. The van der Waals surface area contributed by atoms with E-state index in [1.54, 1.807) is 6.92 Å². The molecule has 0 spiro atoms. The van der Waals surface area contributed by atoms with Gasteiger partial charge in [-0.2, -0.15) is 0 Å². The molecule has 1 aromatic rings. The predicted molar refractivity (Wildman–Crippen MR) is 109 cm³/mol. The third kappa shape index (κ3) is 6.57. The molecule has 11 nitrogen and oxygen atoms in total. The summed E-state index contributed by atoms with van der Waals surface area (Å²) in [5.41, 5.74) is -0.641. The number of hydrogen-bond donors (Lipinski definition) is 1. The van der Waals surface area contributed by atoms with Crippen LogP contribution < -0.4 is 0 Å². The van der Waals surface area contributed by atoms with E-state index in [1.165, 1.54) is 6.92 Å². The van der Waals surface area contributed by atoms with E-state index in [0.717, 1.165) is 12.1 Å². The summed E-state index contributed by atoms with van der Waals surface area (Å²) in [6.45, 7) is 8.80. The number of ether oxygens (including phenoxy) is 5. The molecule has 176 valence electrons. The first-order chi connectivity index (χ1) is 15.5. The molecule has 1 unspecified atom stereocenters. The van der Waals surface area contributed by atoms with Crippen molar-refractivity contribution in [3.8, 4) is 0 Å². The maximum absolute atomic E-state index is 12.5. The molecule has 1 aliphatic heterocycles. The van der Waals surface area contributed by atoms with Crippen LogP contribution in [0.25, 0.3) is 0 Å². The molecule has 11 heteroatoms. The fourth-order valence-electron chi connectivity index (χ4n) is 2.45. The van der Waals surface area contributed by atoms with Gasteiger partial charge in [0.2, 0.25) is 0 Å². The van der Waals surface area contributed by atoms with Gasteiger partial charge in [-0.1, -0.05) is 13.2 Å². The zero-order valence-corrected chi connectivity index (χ0v) is 18.0. The number of aliphatic hydroxyl groups excluding tert-OH is 1. The summed E-state index contributed by atoms with van der Waals surface area (Å²) < 4.78 is 24.3.